The van der Waals surface area contributed by atoms with Crippen LogP contribution in [0.2, 0.25) is 0 Å². The zero-order chi connectivity index (χ0) is 13.7. The molecule has 5 nitrogen and oxygen atoms in total. The molecular formula is C14H24N4O. The molecule has 0 radical (unpaired) electrons. The van der Waals surface area contributed by atoms with Crippen LogP contribution in [0.25, 0.3) is 0 Å². The summed E-state index contributed by atoms with van der Waals surface area (Å²) in [6.07, 6.45) is 2.57. The van der Waals surface area contributed by atoms with E-state index in [1.165, 1.54) is 12.8 Å². The second-order valence-corrected chi connectivity index (χ2v) is 5.30. The van der Waals surface area contributed by atoms with Crippen LogP contribution in [0.3, 0.4) is 0 Å². The Hall–Kier alpha value is -1.36. The molecule has 1 atom stereocenters. The van der Waals surface area contributed by atoms with Crippen molar-refractivity contribution in [2.24, 2.45) is 5.92 Å². The third kappa shape index (κ3) is 4.06. The van der Waals surface area contributed by atoms with Crippen LogP contribution in [0.4, 0.5) is 11.8 Å². The minimum atomic E-state index is 0.660. The van der Waals surface area contributed by atoms with Crippen LogP contribution in [0.1, 0.15) is 25.5 Å². The standard InChI is InChI=1S/C14H24N4O/c1-11-5-4-7-18(10-11)13-9-12(2)16-14(17-13)15-6-8-19-3/h9,11H,4-8,10H2,1-3H3,(H,15,16,17). The van der Waals surface area contributed by atoms with E-state index in [1.54, 1.807) is 7.11 Å². The summed E-state index contributed by atoms with van der Waals surface area (Å²) in [5, 5.41) is 3.20. The van der Waals surface area contributed by atoms with Gasteiger partial charge in [-0.25, -0.2) is 4.98 Å². The Labute approximate surface area is 115 Å². The van der Waals surface area contributed by atoms with E-state index in [2.05, 4.69) is 33.2 Å². The number of rotatable bonds is 5. The van der Waals surface area contributed by atoms with E-state index < -0.39 is 0 Å². The lowest BCUT2D eigenvalue weighted by Crippen LogP contribution is -2.35. The van der Waals surface area contributed by atoms with Gasteiger partial charge < -0.3 is 15.0 Å². The first-order valence-electron chi connectivity index (χ1n) is 7.02. The SMILES string of the molecule is COCCNc1nc(C)cc(N2CCCC(C)C2)n1. The third-order valence-corrected chi connectivity index (χ3v) is 3.41. The van der Waals surface area contributed by atoms with E-state index in [-0.39, 0.29) is 0 Å². The van der Waals surface area contributed by atoms with Crippen LogP contribution < -0.4 is 10.2 Å². The molecule has 0 bridgehead atoms. The lowest BCUT2D eigenvalue weighted by molar-refractivity contribution is 0.210. The zero-order valence-electron chi connectivity index (χ0n) is 12.1. The maximum absolute atomic E-state index is 5.03. The summed E-state index contributed by atoms with van der Waals surface area (Å²) >= 11 is 0. The van der Waals surface area contributed by atoms with E-state index in [9.17, 15) is 0 Å². The highest BCUT2D eigenvalue weighted by Gasteiger charge is 2.18. The summed E-state index contributed by atoms with van der Waals surface area (Å²) in [4.78, 5) is 11.4. The number of nitrogens with zero attached hydrogens (tertiary/aromatic N) is 3. The van der Waals surface area contributed by atoms with Gasteiger partial charge in [-0.15, -0.1) is 0 Å². The number of ether oxygens (including phenoxy) is 1. The molecule has 2 rings (SSSR count). The lowest BCUT2D eigenvalue weighted by atomic mass is 10.0. The summed E-state index contributed by atoms with van der Waals surface area (Å²) in [6.45, 7) is 7.90. The number of hydrogen-bond acceptors (Lipinski definition) is 5. The molecule has 1 N–H and O–H groups in total. The van der Waals surface area contributed by atoms with Gasteiger partial charge in [0.2, 0.25) is 5.95 Å². The molecule has 0 aliphatic carbocycles. The number of anilines is 2. The Morgan fingerprint density at radius 3 is 3.05 bits per heavy atom. The van der Waals surface area contributed by atoms with Gasteiger partial charge in [0.1, 0.15) is 5.82 Å². The van der Waals surface area contributed by atoms with Crippen LogP contribution in [-0.4, -0.2) is 43.3 Å². The van der Waals surface area contributed by atoms with Crippen molar-refractivity contribution in [2.75, 3.05) is 43.6 Å². The molecule has 19 heavy (non-hydrogen) atoms. The molecule has 0 aromatic carbocycles. The van der Waals surface area contributed by atoms with Crippen molar-refractivity contribution in [3.05, 3.63) is 11.8 Å². The van der Waals surface area contributed by atoms with E-state index >= 15 is 0 Å². The van der Waals surface area contributed by atoms with Gasteiger partial charge in [-0.1, -0.05) is 6.92 Å². The molecule has 0 saturated carbocycles. The maximum atomic E-state index is 5.03. The van der Waals surface area contributed by atoms with Crippen molar-refractivity contribution in [1.29, 1.82) is 0 Å². The second-order valence-electron chi connectivity index (χ2n) is 5.30. The van der Waals surface area contributed by atoms with Crippen LogP contribution >= 0.6 is 0 Å². The number of hydrogen-bond donors (Lipinski definition) is 1. The van der Waals surface area contributed by atoms with Gasteiger partial charge in [0, 0.05) is 38.5 Å². The summed E-state index contributed by atoms with van der Waals surface area (Å²) in [5.41, 5.74) is 1.00. The minimum Gasteiger partial charge on any atom is -0.383 e. The smallest absolute Gasteiger partial charge is 0.224 e. The first-order chi connectivity index (χ1) is 9.19. The minimum absolute atomic E-state index is 0.660. The first kappa shape index (κ1) is 14.1. The monoisotopic (exact) mass is 264 g/mol. The Morgan fingerprint density at radius 1 is 1.47 bits per heavy atom. The molecule has 1 unspecified atom stereocenters. The predicted octanol–water partition coefficient (Wildman–Crippen LogP) is 2.08. The van der Waals surface area contributed by atoms with Gasteiger partial charge in [-0.3, -0.25) is 0 Å². The van der Waals surface area contributed by atoms with Gasteiger partial charge >= 0.3 is 0 Å². The highest BCUT2D eigenvalue weighted by molar-refractivity contribution is 5.45. The average Bonchev–Trinajstić information content (AvgIpc) is 2.38. The summed E-state index contributed by atoms with van der Waals surface area (Å²) in [5.74, 6) is 2.48. The number of methoxy groups -OCH3 is 1. The largest absolute Gasteiger partial charge is 0.383 e. The van der Waals surface area contributed by atoms with Crippen LogP contribution in [0, 0.1) is 12.8 Å². The van der Waals surface area contributed by atoms with E-state index in [4.69, 9.17) is 4.74 Å². The zero-order valence-corrected chi connectivity index (χ0v) is 12.1. The number of piperidine rings is 1. The summed E-state index contributed by atoms with van der Waals surface area (Å²) in [7, 11) is 1.69. The van der Waals surface area contributed by atoms with Crippen molar-refractivity contribution >= 4 is 11.8 Å². The molecule has 1 aromatic heterocycles. The van der Waals surface area contributed by atoms with Crippen molar-refractivity contribution < 1.29 is 4.74 Å². The Bertz CT molecular complexity index is 410. The van der Waals surface area contributed by atoms with Gasteiger partial charge in [-0.2, -0.15) is 4.98 Å². The van der Waals surface area contributed by atoms with Crippen molar-refractivity contribution in [3.8, 4) is 0 Å². The van der Waals surface area contributed by atoms with Crippen molar-refractivity contribution in [1.82, 2.24) is 9.97 Å². The molecule has 1 aliphatic heterocycles. The van der Waals surface area contributed by atoms with Crippen LogP contribution in [0.15, 0.2) is 6.07 Å². The summed E-state index contributed by atoms with van der Waals surface area (Å²) < 4.78 is 5.03. The van der Waals surface area contributed by atoms with Crippen LogP contribution in [0.5, 0.6) is 0 Å². The molecule has 1 aliphatic rings. The molecule has 2 heterocycles. The molecule has 1 aromatic rings. The maximum Gasteiger partial charge on any atom is 0.224 e. The second kappa shape index (κ2) is 6.70. The molecule has 0 spiro atoms. The quantitative estimate of drug-likeness (QED) is 0.825. The lowest BCUT2D eigenvalue weighted by Gasteiger charge is -2.32. The molecule has 0 amide bonds. The topological polar surface area (TPSA) is 50.3 Å². The molecule has 5 heteroatoms. The number of nitrogens with one attached hydrogen (secondary N) is 1. The van der Waals surface area contributed by atoms with Gasteiger partial charge in [0.15, 0.2) is 0 Å². The average molecular weight is 264 g/mol. The predicted molar refractivity (Wildman–Crippen MR) is 77.7 cm³/mol. The Kier molecular flexibility index (Phi) is 4.96. The molecule has 1 saturated heterocycles. The Morgan fingerprint density at radius 2 is 2.32 bits per heavy atom. The van der Waals surface area contributed by atoms with Crippen molar-refractivity contribution in [3.63, 3.8) is 0 Å². The number of aromatic nitrogens is 2. The fraction of sp³-hybridized carbons (Fsp3) is 0.714. The molecule has 106 valence electrons. The first-order valence-corrected chi connectivity index (χ1v) is 7.02. The van der Waals surface area contributed by atoms with E-state index in [0.717, 1.165) is 37.1 Å². The van der Waals surface area contributed by atoms with Crippen LogP contribution in [-0.2, 0) is 4.74 Å². The highest BCUT2D eigenvalue weighted by atomic mass is 16.5. The normalized spacial score (nSPS) is 19.5. The fourth-order valence-electron chi connectivity index (χ4n) is 2.46. The fourth-order valence-corrected chi connectivity index (χ4v) is 2.46. The highest BCUT2D eigenvalue weighted by Crippen LogP contribution is 2.22. The van der Waals surface area contributed by atoms with E-state index in [1.807, 2.05) is 6.92 Å². The molecular weight excluding hydrogens is 240 g/mol. The number of aryl methyl sites for hydroxylation is 1. The van der Waals surface area contributed by atoms with Gasteiger partial charge in [0.25, 0.3) is 0 Å². The van der Waals surface area contributed by atoms with E-state index in [0.29, 0.717) is 12.6 Å². The van der Waals surface area contributed by atoms with Gasteiger partial charge in [0.05, 0.1) is 6.61 Å². The Balaban J connectivity index is 2.07. The van der Waals surface area contributed by atoms with Crippen molar-refractivity contribution in [2.45, 2.75) is 26.7 Å². The third-order valence-electron chi connectivity index (χ3n) is 3.41. The summed E-state index contributed by atoms with van der Waals surface area (Å²) in [6, 6.07) is 2.07. The molecule has 1 fully saturated rings. The van der Waals surface area contributed by atoms with Gasteiger partial charge in [-0.05, 0) is 25.7 Å².